The number of nitrogens with zero attached hydrogens (tertiary/aromatic N) is 2. The summed E-state index contributed by atoms with van der Waals surface area (Å²) in [4.78, 5) is 20.4. The number of aromatic nitrogens is 2. The molecule has 0 aliphatic rings. The standard InChI is InChI=1S/C20H30N2OSi2/c1-8-24(6,7)17-9-11-19(21-13-17)20-12-10-18(14-22-20)25(23,15(2)3)16(4)5/h8-16,23H,1H2,2-7H3. The molecule has 2 aromatic heterocycles. The first-order valence-corrected chi connectivity index (χ1v) is 14.1. The lowest BCUT2D eigenvalue weighted by Gasteiger charge is -2.33. The van der Waals surface area contributed by atoms with Gasteiger partial charge in [0, 0.05) is 12.4 Å². The average Bonchev–Trinajstić information content (AvgIpc) is 2.61. The summed E-state index contributed by atoms with van der Waals surface area (Å²) in [5.41, 5.74) is 4.29. The van der Waals surface area contributed by atoms with Gasteiger partial charge in [-0.3, -0.25) is 9.97 Å². The maximum absolute atomic E-state index is 11.2. The molecule has 0 unspecified atom stereocenters. The van der Waals surface area contributed by atoms with Crippen molar-refractivity contribution in [1.29, 1.82) is 0 Å². The van der Waals surface area contributed by atoms with Crippen molar-refractivity contribution in [2.24, 2.45) is 0 Å². The van der Waals surface area contributed by atoms with E-state index in [2.05, 4.69) is 69.1 Å². The molecule has 2 aromatic rings. The number of hydrogen-bond donors (Lipinski definition) is 1. The third-order valence-corrected chi connectivity index (χ3v) is 12.8. The molecule has 0 aliphatic heterocycles. The van der Waals surface area contributed by atoms with E-state index in [0.717, 1.165) is 16.6 Å². The van der Waals surface area contributed by atoms with Gasteiger partial charge in [0.2, 0.25) is 8.32 Å². The van der Waals surface area contributed by atoms with Crippen LogP contribution in [0.15, 0.2) is 48.9 Å². The fourth-order valence-electron chi connectivity index (χ4n) is 3.16. The van der Waals surface area contributed by atoms with Crippen LogP contribution in [0, 0.1) is 0 Å². The molecule has 0 aliphatic carbocycles. The van der Waals surface area contributed by atoms with E-state index in [9.17, 15) is 4.80 Å². The molecular formula is C20H30N2OSi2. The first-order chi connectivity index (χ1) is 11.6. The van der Waals surface area contributed by atoms with Crippen molar-refractivity contribution in [3.05, 3.63) is 48.9 Å². The first kappa shape index (κ1) is 19.8. The van der Waals surface area contributed by atoms with Crippen LogP contribution in [0.5, 0.6) is 0 Å². The summed E-state index contributed by atoms with van der Waals surface area (Å²) in [5, 5.41) is 2.27. The van der Waals surface area contributed by atoms with Crippen molar-refractivity contribution >= 4 is 26.8 Å². The Labute approximate surface area is 154 Å². The predicted molar refractivity (Wildman–Crippen MR) is 113 cm³/mol. The quantitative estimate of drug-likeness (QED) is 0.788. The van der Waals surface area contributed by atoms with Crippen molar-refractivity contribution in [2.75, 3.05) is 0 Å². The van der Waals surface area contributed by atoms with Crippen LogP contribution in [-0.4, -0.2) is 31.2 Å². The molecule has 25 heavy (non-hydrogen) atoms. The van der Waals surface area contributed by atoms with Gasteiger partial charge in [-0.1, -0.05) is 58.6 Å². The molecule has 0 radical (unpaired) electrons. The Balaban J connectivity index is 2.33. The van der Waals surface area contributed by atoms with Crippen LogP contribution in [0.1, 0.15) is 27.7 Å². The molecule has 0 atom stereocenters. The second-order valence-corrected chi connectivity index (χ2v) is 16.9. The van der Waals surface area contributed by atoms with Gasteiger partial charge in [-0.25, -0.2) is 0 Å². The molecule has 5 heteroatoms. The summed E-state index contributed by atoms with van der Waals surface area (Å²) in [6.45, 7) is 16.9. The molecule has 1 N–H and O–H groups in total. The van der Waals surface area contributed by atoms with Gasteiger partial charge in [-0.2, -0.15) is 0 Å². The van der Waals surface area contributed by atoms with E-state index in [0.29, 0.717) is 0 Å². The third-order valence-electron chi connectivity index (χ3n) is 5.27. The largest absolute Gasteiger partial charge is 0.427 e. The van der Waals surface area contributed by atoms with Gasteiger partial charge in [-0.05, 0) is 33.6 Å². The minimum absolute atomic E-state index is 0.253. The van der Waals surface area contributed by atoms with E-state index in [4.69, 9.17) is 0 Å². The highest BCUT2D eigenvalue weighted by Gasteiger charge is 2.40. The molecule has 0 amide bonds. The minimum atomic E-state index is -2.53. The minimum Gasteiger partial charge on any atom is -0.427 e. The second kappa shape index (κ2) is 7.35. The Morgan fingerprint density at radius 1 is 0.880 bits per heavy atom. The topological polar surface area (TPSA) is 46.0 Å². The van der Waals surface area contributed by atoms with E-state index in [1.54, 1.807) is 0 Å². The summed E-state index contributed by atoms with van der Waals surface area (Å²) in [5.74, 6) is 0. The van der Waals surface area contributed by atoms with E-state index < -0.39 is 16.4 Å². The Morgan fingerprint density at radius 2 is 1.32 bits per heavy atom. The van der Waals surface area contributed by atoms with Gasteiger partial charge in [0.1, 0.15) is 8.07 Å². The lowest BCUT2D eigenvalue weighted by molar-refractivity contribution is 0.512. The molecule has 134 valence electrons. The number of pyridine rings is 2. The van der Waals surface area contributed by atoms with Crippen LogP contribution in [0.4, 0.5) is 0 Å². The van der Waals surface area contributed by atoms with Gasteiger partial charge in [0.25, 0.3) is 0 Å². The molecule has 0 aromatic carbocycles. The van der Waals surface area contributed by atoms with Crippen molar-refractivity contribution in [3.63, 3.8) is 0 Å². The molecule has 0 saturated heterocycles. The predicted octanol–water partition coefficient (Wildman–Crippen LogP) is 3.75. The van der Waals surface area contributed by atoms with Gasteiger partial charge < -0.3 is 4.80 Å². The normalized spacial score (nSPS) is 12.7. The molecule has 0 saturated carbocycles. The molecule has 2 rings (SSSR count). The third kappa shape index (κ3) is 3.83. The van der Waals surface area contributed by atoms with Crippen molar-refractivity contribution in [1.82, 2.24) is 9.97 Å². The highest BCUT2D eigenvalue weighted by Crippen LogP contribution is 2.29. The lowest BCUT2D eigenvalue weighted by atomic mass is 10.2. The Morgan fingerprint density at radius 3 is 1.64 bits per heavy atom. The van der Waals surface area contributed by atoms with Gasteiger partial charge in [-0.15, -0.1) is 6.58 Å². The lowest BCUT2D eigenvalue weighted by Crippen LogP contribution is -2.53. The maximum Gasteiger partial charge on any atom is 0.226 e. The number of hydrogen-bond acceptors (Lipinski definition) is 3. The first-order valence-electron chi connectivity index (χ1n) is 8.92. The van der Waals surface area contributed by atoms with Gasteiger partial charge >= 0.3 is 0 Å². The highest BCUT2D eigenvalue weighted by molar-refractivity contribution is 6.93. The molecule has 2 heterocycles. The number of rotatable bonds is 6. The fraction of sp³-hybridized carbons (Fsp3) is 0.400. The van der Waals surface area contributed by atoms with Crippen molar-refractivity contribution in [2.45, 2.75) is 51.9 Å². The maximum atomic E-state index is 11.2. The van der Waals surface area contributed by atoms with Crippen LogP contribution in [0.25, 0.3) is 11.4 Å². The summed E-state index contributed by atoms with van der Waals surface area (Å²) in [7, 11) is -4.11. The zero-order valence-electron chi connectivity index (χ0n) is 16.2. The van der Waals surface area contributed by atoms with E-state index >= 15 is 0 Å². The summed E-state index contributed by atoms with van der Waals surface area (Å²) < 4.78 is 0. The zero-order chi connectivity index (χ0) is 18.8. The molecule has 0 spiro atoms. The van der Waals surface area contributed by atoms with Crippen LogP contribution in [-0.2, 0) is 0 Å². The summed E-state index contributed by atoms with van der Waals surface area (Å²) >= 11 is 0. The van der Waals surface area contributed by atoms with Crippen LogP contribution in [0.3, 0.4) is 0 Å². The van der Waals surface area contributed by atoms with E-state index in [1.807, 2.05) is 30.6 Å². The Kier molecular flexibility index (Phi) is 5.81. The monoisotopic (exact) mass is 370 g/mol. The van der Waals surface area contributed by atoms with E-state index in [1.165, 1.54) is 5.19 Å². The summed E-state index contributed by atoms with van der Waals surface area (Å²) in [6.07, 6.45) is 3.80. The smallest absolute Gasteiger partial charge is 0.226 e. The Bertz CT molecular complexity index is 714. The van der Waals surface area contributed by atoms with Gasteiger partial charge in [0.15, 0.2) is 0 Å². The highest BCUT2D eigenvalue weighted by atomic mass is 28.4. The molecule has 0 bridgehead atoms. The van der Waals surface area contributed by atoms with Crippen molar-refractivity contribution < 1.29 is 4.80 Å². The molecular weight excluding hydrogens is 340 g/mol. The Hall–Kier alpha value is -1.57. The average molecular weight is 371 g/mol. The van der Waals surface area contributed by atoms with Gasteiger partial charge in [0.05, 0.1) is 11.4 Å². The molecule has 0 fully saturated rings. The van der Waals surface area contributed by atoms with Crippen LogP contribution >= 0.6 is 0 Å². The van der Waals surface area contributed by atoms with Crippen LogP contribution < -0.4 is 10.4 Å². The SMILES string of the molecule is C=C[Si](C)(C)c1ccc(-c2ccc([Si](O)(C(C)C)C(C)C)cn2)nc1. The van der Waals surface area contributed by atoms with Crippen LogP contribution in [0.2, 0.25) is 24.2 Å². The fourth-order valence-corrected chi connectivity index (χ4v) is 7.59. The molecule has 3 nitrogen and oxygen atoms in total. The summed E-state index contributed by atoms with van der Waals surface area (Å²) in [6, 6.07) is 8.19. The van der Waals surface area contributed by atoms with E-state index in [-0.39, 0.29) is 11.1 Å². The van der Waals surface area contributed by atoms with Crippen molar-refractivity contribution in [3.8, 4) is 11.4 Å². The second-order valence-electron chi connectivity index (χ2n) is 7.92. The zero-order valence-corrected chi connectivity index (χ0v) is 18.2.